The van der Waals surface area contributed by atoms with Crippen LogP contribution >= 0.6 is 10.7 Å². The van der Waals surface area contributed by atoms with E-state index in [2.05, 4.69) is 0 Å². The molecule has 0 saturated carbocycles. The first kappa shape index (κ1) is 13.2. The molecule has 0 spiro atoms. The Kier molecular flexibility index (Phi) is 3.29. The minimum absolute atomic E-state index is 0.113. The van der Waals surface area contributed by atoms with Crippen LogP contribution in [0.2, 0.25) is 0 Å². The molecule has 1 heterocycles. The van der Waals surface area contributed by atoms with Crippen molar-refractivity contribution >= 4 is 31.3 Å². The summed E-state index contributed by atoms with van der Waals surface area (Å²) < 4.78 is 48.0. The minimum Gasteiger partial charge on any atom is -0.311 e. The zero-order chi connectivity index (χ0) is 13.5. The number of amides is 1. The SMILES string of the molecule is O=C1CC(S(=O)(=O)Cl)CN1c1ccc(F)c(F)c1. The van der Waals surface area contributed by atoms with Gasteiger partial charge in [-0.3, -0.25) is 4.79 Å². The molecule has 8 heteroatoms. The Hall–Kier alpha value is -1.21. The van der Waals surface area contributed by atoms with E-state index in [9.17, 15) is 22.0 Å². The van der Waals surface area contributed by atoms with E-state index < -0.39 is 31.8 Å². The van der Waals surface area contributed by atoms with E-state index >= 15 is 0 Å². The van der Waals surface area contributed by atoms with Crippen molar-refractivity contribution in [1.82, 2.24) is 0 Å². The van der Waals surface area contributed by atoms with Crippen molar-refractivity contribution in [2.24, 2.45) is 0 Å². The molecule has 1 amide bonds. The van der Waals surface area contributed by atoms with E-state index in [0.717, 1.165) is 17.0 Å². The van der Waals surface area contributed by atoms with Gasteiger partial charge in [0.2, 0.25) is 15.0 Å². The van der Waals surface area contributed by atoms with Gasteiger partial charge < -0.3 is 4.90 Å². The molecule has 1 aliphatic heterocycles. The number of carbonyl (C=O) groups excluding carboxylic acids is 1. The largest absolute Gasteiger partial charge is 0.311 e. The van der Waals surface area contributed by atoms with Gasteiger partial charge in [0.25, 0.3) is 0 Å². The number of nitrogens with zero attached hydrogens (tertiary/aromatic N) is 1. The van der Waals surface area contributed by atoms with Crippen molar-refractivity contribution in [3.63, 3.8) is 0 Å². The number of benzene rings is 1. The highest BCUT2D eigenvalue weighted by atomic mass is 35.7. The van der Waals surface area contributed by atoms with Crippen LogP contribution < -0.4 is 4.90 Å². The van der Waals surface area contributed by atoms with Gasteiger partial charge in [0.15, 0.2) is 11.6 Å². The number of halogens is 3. The Morgan fingerprint density at radius 1 is 1.28 bits per heavy atom. The highest BCUT2D eigenvalue weighted by molar-refractivity contribution is 8.14. The molecule has 1 atom stereocenters. The zero-order valence-electron chi connectivity index (χ0n) is 8.94. The van der Waals surface area contributed by atoms with E-state index in [1.54, 1.807) is 0 Å². The molecule has 18 heavy (non-hydrogen) atoms. The van der Waals surface area contributed by atoms with Crippen LogP contribution in [0.25, 0.3) is 0 Å². The van der Waals surface area contributed by atoms with E-state index in [0.29, 0.717) is 0 Å². The summed E-state index contributed by atoms with van der Waals surface area (Å²) in [5.74, 6) is -2.63. The summed E-state index contributed by atoms with van der Waals surface area (Å²) in [5.41, 5.74) is 0.113. The van der Waals surface area contributed by atoms with Crippen LogP contribution in [0.15, 0.2) is 18.2 Å². The molecule has 1 aromatic rings. The number of hydrogen-bond acceptors (Lipinski definition) is 3. The molecule has 4 nitrogen and oxygen atoms in total. The summed E-state index contributed by atoms with van der Waals surface area (Å²) in [6.45, 7) is -0.157. The minimum atomic E-state index is -3.85. The summed E-state index contributed by atoms with van der Waals surface area (Å²) >= 11 is 0. The first-order valence-corrected chi connectivity index (χ1v) is 7.35. The van der Waals surface area contributed by atoms with Gasteiger partial charge in [-0.05, 0) is 12.1 Å². The predicted octanol–water partition coefficient (Wildman–Crippen LogP) is 1.64. The maximum atomic E-state index is 13.0. The lowest BCUT2D eigenvalue weighted by molar-refractivity contribution is -0.117. The van der Waals surface area contributed by atoms with Gasteiger partial charge in [-0.25, -0.2) is 17.2 Å². The second-order valence-electron chi connectivity index (χ2n) is 3.90. The Morgan fingerprint density at radius 3 is 2.44 bits per heavy atom. The topological polar surface area (TPSA) is 54.5 Å². The zero-order valence-corrected chi connectivity index (χ0v) is 10.5. The predicted molar refractivity (Wildman–Crippen MR) is 61.9 cm³/mol. The lowest BCUT2D eigenvalue weighted by Gasteiger charge is -2.16. The van der Waals surface area contributed by atoms with E-state index in [1.807, 2.05) is 0 Å². The van der Waals surface area contributed by atoms with Crippen molar-refractivity contribution in [2.75, 3.05) is 11.4 Å². The second kappa shape index (κ2) is 4.47. The molecule has 2 rings (SSSR count). The van der Waals surface area contributed by atoms with Crippen molar-refractivity contribution in [3.8, 4) is 0 Å². The first-order chi connectivity index (χ1) is 8.29. The van der Waals surface area contributed by atoms with Crippen molar-refractivity contribution in [1.29, 1.82) is 0 Å². The van der Waals surface area contributed by atoms with Crippen LogP contribution in [-0.4, -0.2) is 26.1 Å². The third-order valence-corrected chi connectivity index (χ3v) is 4.57. The van der Waals surface area contributed by atoms with Crippen molar-refractivity contribution < 1.29 is 22.0 Å². The fourth-order valence-corrected chi connectivity index (χ4v) is 2.79. The highest BCUT2D eigenvalue weighted by Crippen LogP contribution is 2.27. The first-order valence-electron chi connectivity index (χ1n) is 4.98. The third-order valence-electron chi connectivity index (χ3n) is 2.70. The molecule has 1 unspecified atom stereocenters. The molecule has 0 bridgehead atoms. The number of rotatable bonds is 2. The molecule has 0 N–H and O–H groups in total. The second-order valence-corrected chi connectivity index (χ2v) is 6.81. The van der Waals surface area contributed by atoms with Crippen LogP contribution in [0.1, 0.15) is 6.42 Å². The Morgan fingerprint density at radius 2 is 1.94 bits per heavy atom. The van der Waals surface area contributed by atoms with Gasteiger partial charge in [0.1, 0.15) is 5.25 Å². The molecule has 0 radical (unpaired) electrons. The van der Waals surface area contributed by atoms with Crippen LogP contribution in [-0.2, 0) is 13.8 Å². The highest BCUT2D eigenvalue weighted by Gasteiger charge is 2.38. The summed E-state index contributed by atoms with van der Waals surface area (Å²) in [6, 6.07) is 2.93. The number of anilines is 1. The van der Waals surface area contributed by atoms with Gasteiger partial charge in [-0.1, -0.05) is 0 Å². The van der Waals surface area contributed by atoms with Crippen molar-refractivity contribution in [2.45, 2.75) is 11.7 Å². The average molecular weight is 296 g/mol. The van der Waals surface area contributed by atoms with Gasteiger partial charge in [-0.15, -0.1) is 0 Å². The molecule has 1 aromatic carbocycles. The summed E-state index contributed by atoms with van der Waals surface area (Å²) in [5, 5.41) is -1.03. The van der Waals surface area contributed by atoms with Crippen LogP contribution in [0, 0.1) is 11.6 Å². The standard InChI is InChI=1S/C10H8ClF2NO3S/c11-18(16,17)7-4-10(15)14(5-7)6-1-2-8(12)9(13)3-6/h1-3,7H,4-5H2. The molecular weight excluding hydrogens is 288 g/mol. The van der Waals surface area contributed by atoms with Crippen LogP contribution in [0.5, 0.6) is 0 Å². The molecule has 1 aliphatic rings. The smallest absolute Gasteiger partial charge is 0.237 e. The molecule has 0 aliphatic carbocycles. The molecule has 0 aromatic heterocycles. The quantitative estimate of drug-likeness (QED) is 0.780. The fraction of sp³-hybridized carbons (Fsp3) is 0.300. The summed E-state index contributed by atoms with van der Waals surface area (Å²) in [6.07, 6.45) is -0.259. The maximum absolute atomic E-state index is 13.0. The van der Waals surface area contributed by atoms with Crippen LogP contribution in [0.3, 0.4) is 0 Å². The van der Waals surface area contributed by atoms with E-state index in [1.165, 1.54) is 6.07 Å². The van der Waals surface area contributed by atoms with Crippen molar-refractivity contribution in [3.05, 3.63) is 29.8 Å². The number of carbonyl (C=O) groups is 1. The number of hydrogen-bond donors (Lipinski definition) is 0. The fourth-order valence-electron chi connectivity index (χ4n) is 1.77. The third kappa shape index (κ3) is 2.46. The van der Waals surface area contributed by atoms with Gasteiger partial charge >= 0.3 is 0 Å². The Labute approximate surface area is 107 Å². The maximum Gasteiger partial charge on any atom is 0.237 e. The monoisotopic (exact) mass is 295 g/mol. The van der Waals surface area contributed by atoms with Gasteiger partial charge in [0.05, 0.1) is 0 Å². The lowest BCUT2D eigenvalue weighted by Crippen LogP contribution is -2.26. The van der Waals surface area contributed by atoms with E-state index in [-0.39, 0.29) is 18.7 Å². The summed E-state index contributed by atoms with van der Waals surface area (Å²) in [4.78, 5) is 12.7. The molecular formula is C10H8ClF2NO3S. The average Bonchev–Trinajstić information content (AvgIpc) is 2.64. The Balaban J connectivity index is 2.30. The lowest BCUT2D eigenvalue weighted by atomic mass is 10.3. The molecule has 1 saturated heterocycles. The van der Waals surface area contributed by atoms with Crippen LogP contribution in [0.4, 0.5) is 14.5 Å². The van der Waals surface area contributed by atoms with Gasteiger partial charge in [-0.2, -0.15) is 0 Å². The normalized spacial score (nSPS) is 20.5. The summed E-state index contributed by atoms with van der Waals surface area (Å²) in [7, 11) is 1.32. The van der Waals surface area contributed by atoms with E-state index in [4.69, 9.17) is 10.7 Å². The molecule has 98 valence electrons. The Bertz CT molecular complexity index is 605. The molecule has 1 fully saturated rings. The van der Waals surface area contributed by atoms with Gasteiger partial charge in [0, 0.05) is 35.4 Å².